The van der Waals surface area contributed by atoms with Gasteiger partial charge in [0.05, 0.1) is 5.69 Å². The van der Waals surface area contributed by atoms with E-state index in [-0.39, 0.29) is 11.8 Å². The Morgan fingerprint density at radius 1 is 1.12 bits per heavy atom. The molecule has 0 aromatic carbocycles. The molecule has 2 aliphatic rings. The number of nitrogens with zero attached hydrogens (tertiary/aromatic N) is 3. The second-order valence-electron chi connectivity index (χ2n) is 7.44. The van der Waals surface area contributed by atoms with Crippen molar-refractivity contribution >= 4 is 23.3 Å². The van der Waals surface area contributed by atoms with Crippen LogP contribution in [0.4, 0.5) is 0 Å². The number of amides is 2. The first kappa shape index (κ1) is 18.3. The van der Waals surface area contributed by atoms with Crippen molar-refractivity contribution in [1.29, 1.82) is 0 Å². The van der Waals surface area contributed by atoms with Crippen molar-refractivity contribution in [3.63, 3.8) is 0 Å². The lowest BCUT2D eigenvalue weighted by Crippen LogP contribution is -2.41. The molecule has 1 aromatic rings. The van der Waals surface area contributed by atoms with E-state index in [1.165, 1.54) is 43.6 Å². The molecule has 6 nitrogen and oxygen atoms in total. The topological polar surface area (TPSA) is 75.2 Å². The first-order chi connectivity index (χ1) is 12.1. The predicted molar refractivity (Wildman–Crippen MR) is 97.5 cm³/mol. The van der Waals surface area contributed by atoms with Crippen molar-refractivity contribution < 1.29 is 9.59 Å². The van der Waals surface area contributed by atoms with E-state index in [0.29, 0.717) is 28.8 Å². The Kier molecular flexibility index (Phi) is 6.39. The molecule has 2 fully saturated rings. The summed E-state index contributed by atoms with van der Waals surface area (Å²) >= 11 is 1.17. The lowest BCUT2D eigenvalue weighted by molar-refractivity contribution is -0.122. The summed E-state index contributed by atoms with van der Waals surface area (Å²) in [5.74, 6) is 1.31. The molecule has 7 heteroatoms. The first-order valence-electron chi connectivity index (χ1n) is 9.48. The number of carbonyl (C=O) groups is 2. The molecule has 138 valence electrons. The summed E-state index contributed by atoms with van der Waals surface area (Å²) in [6.45, 7) is 4.07. The number of hydrogen-bond donors (Lipinski definition) is 1. The van der Waals surface area contributed by atoms with E-state index in [1.54, 1.807) is 0 Å². The molecule has 1 aromatic heterocycles. The zero-order chi connectivity index (χ0) is 17.6. The van der Waals surface area contributed by atoms with Gasteiger partial charge in [0, 0.05) is 26.1 Å². The highest BCUT2D eigenvalue weighted by Gasteiger charge is 2.26. The molecule has 0 spiro atoms. The van der Waals surface area contributed by atoms with Crippen LogP contribution >= 0.6 is 11.5 Å². The quantitative estimate of drug-likeness (QED) is 0.872. The van der Waals surface area contributed by atoms with Crippen LogP contribution in [-0.2, 0) is 4.79 Å². The average molecular weight is 365 g/mol. The average Bonchev–Trinajstić information content (AvgIpc) is 3.07. The van der Waals surface area contributed by atoms with Gasteiger partial charge in [0.1, 0.15) is 4.88 Å². The van der Waals surface area contributed by atoms with Crippen LogP contribution in [0.2, 0.25) is 0 Å². The Bertz CT molecular complexity index is 590. The van der Waals surface area contributed by atoms with Crippen LogP contribution in [0.3, 0.4) is 0 Å². The Hall–Kier alpha value is -1.50. The van der Waals surface area contributed by atoms with Gasteiger partial charge in [-0.15, -0.1) is 5.10 Å². The van der Waals surface area contributed by atoms with Crippen molar-refractivity contribution in [2.24, 2.45) is 11.8 Å². The van der Waals surface area contributed by atoms with E-state index in [1.807, 2.05) is 11.8 Å². The summed E-state index contributed by atoms with van der Waals surface area (Å²) in [5, 5.41) is 7.04. The second-order valence-corrected chi connectivity index (χ2v) is 8.19. The number of carbonyl (C=O) groups excluding carboxylic acids is 2. The van der Waals surface area contributed by atoms with Gasteiger partial charge in [0.25, 0.3) is 5.91 Å². The highest BCUT2D eigenvalue weighted by atomic mass is 32.1. The molecule has 0 bridgehead atoms. The summed E-state index contributed by atoms with van der Waals surface area (Å²) in [6, 6.07) is 0. The Balaban J connectivity index is 1.37. The monoisotopic (exact) mass is 364 g/mol. The fourth-order valence-electron chi connectivity index (χ4n) is 3.90. The maximum Gasteiger partial charge on any atom is 0.267 e. The van der Waals surface area contributed by atoms with E-state index in [4.69, 9.17) is 0 Å². The number of hydrogen-bond acceptors (Lipinski definition) is 5. The summed E-state index contributed by atoms with van der Waals surface area (Å²) in [7, 11) is 0. The van der Waals surface area contributed by atoms with Gasteiger partial charge in [-0.3, -0.25) is 9.59 Å². The molecule has 1 aliphatic carbocycles. The number of aryl methyl sites for hydroxylation is 1. The van der Waals surface area contributed by atoms with Crippen LogP contribution in [0, 0.1) is 18.8 Å². The third kappa shape index (κ3) is 5.00. The molecule has 1 saturated carbocycles. The normalized spacial score (nSPS) is 19.8. The molecule has 1 saturated heterocycles. The Labute approximate surface area is 153 Å². The lowest BCUT2D eigenvalue weighted by Gasteiger charge is -2.32. The van der Waals surface area contributed by atoms with Crippen molar-refractivity contribution in [3.05, 3.63) is 10.6 Å². The molecule has 25 heavy (non-hydrogen) atoms. The zero-order valence-corrected chi connectivity index (χ0v) is 15.8. The number of rotatable bonds is 5. The van der Waals surface area contributed by atoms with Crippen LogP contribution in [0.1, 0.15) is 66.7 Å². The van der Waals surface area contributed by atoms with E-state index in [2.05, 4.69) is 14.9 Å². The molecule has 0 unspecified atom stereocenters. The van der Waals surface area contributed by atoms with Crippen molar-refractivity contribution in [2.75, 3.05) is 19.6 Å². The predicted octanol–water partition coefficient (Wildman–Crippen LogP) is 2.79. The highest BCUT2D eigenvalue weighted by molar-refractivity contribution is 7.07. The van der Waals surface area contributed by atoms with Crippen LogP contribution in [0.25, 0.3) is 0 Å². The van der Waals surface area contributed by atoms with E-state index in [9.17, 15) is 9.59 Å². The van der Waals surface area contributed by atoms with Crippen LogP contribution < -0.4 is 5.32 Å². The molecule has 3 rings (SSSR count). The fraction of sp³-hybridized carbons (Fsp3) is 0.778. The maximum atomic E-state index is 12.5. The SMILES string of the molecule is Cc1nnsc1C(=O)N1CCC(CNC(=O)CC2CCCCC2)CC1. The second kappa shape index (κ2) is 8.74. The lowest BCUT2D eigenvalue weighted by atomic mass is 9.87. The summed E-state index contributed by atoms with van der Waals surface area (Å²) in [5.41, 5.74) is 0.715. The minimum absolute atomic E-state index is 0.0484. The van der Waals surface area contributed by atoms with Crippen molar-refractivity contribution in [2.45, 2.75) is 58.3 Å². The summed E-state index contributed by atoms with van der Waals surface area (Å²) < 4.78 is 3.85. The number of nitrogens with one attached hydrogen (secondary N) is 1. The molecular weight excluding hydrogens is 336 g/mol. The van der Waals surface area contributed by atoms with Crippen LogP contribution in [0.15, 0.2) is 0 Å². The third-order valence-electron chi connectivity index (χ3n) is 5.53. The van der Waals surface area contributed by atoms with Gasteiger partial charge in [-0.1, -0.05) is 23.8 Å². The zero-order valence-electron chi connectivity index (χ0n) is 15.0. The molecule has 1 aliphatic heterocycles. The fourth-order valence-corrected chi connectivity index (χ4v) is 4.52. The molecule has 0 radical (unpaired) electrons. The molecule has 1 N–H and O–H groups in total. The summed E-state index contributed by atoms with van der Waals surface area (Å²) in [4.78, 5) is 27.1. The van der Waals surface area contributed by atoms with E-state index in [0.717, 1.165) is 32.5 Å². The maximum absolute atomic E-state index is 12.5. The van der Waals surface area contributed by atoms with Crippen LogP contribution in [0.5, 0.6) is 0 Å². The molecular formula is C18H28N4O2S. The molecule has 2 heterocycles. The Morgan fingerprint density at radius 3 is 2.48 bits per heavy atom. The minimum atomic E-state index is 0.0484. The van der Waals surface area contributed by atoms with Crippen molar-refractivity contribution in [3.8, 4) is 0 Å². The number of likely N-dealkylation sites (tertiary alicyclic amines) is 1. The number of aromatic nitrogens is 2. The van der Waals surface area contributed by atoms with Gasteiger partial charge in [0.2, 0.25) is 5.91 Å². The smallest absolute Gasteiger partial charge is 0.267 e. The van der Waals surface area contributed by atoms with Gasteiger partial charge < -0.3 is 10.2 Å². The van der Waals surface area contributed by atoms with Crippen molar-refractivity contribution in [1.82, 2.24) is 19.8 Å². The van der Waals surface area contributed by atoms with Gasteiger partial charge >= 0.3 is 0 Å². The van der Waals surface area contributed by atoms with Gasteiger partial charge in [-0.05, 0) is 56.0 Å². The minimum Gasteiger partial charge on any atom is -0.356 e. The first-order valence-corrected chi connectivity index (χ1v) is 10.3. The van der Waals surface area contributed by atoms with E-state index < -0.39 is 0 Å². The molecule has 2 amide bonds. The third-order valence-corrected chi connectivity index (χ3v) is 6.35. The Morgan fingerprint density at radius 2 is 1.84 bits per heavy atom. The van der Waals surface area contributed by atoms with Gasteiger partial charge in [-0.25, -0.2) is 0 Å². The summed E-state index contributed by atoms with van der Waals surface area (Å²) in [6.07, 6.45) is 8.88. The van der Waals surface area contributed by atoms with Gasteiger partial charge in [0.15, 0.2) is 0 Å². The highest BCUT2D eigenvalue weighted by Crippen LogP contribution is 2.26. The molecule has 0 atom stereocenters. The van der Waals surface area contributed by atoms with E-state index >= 15 is 0 Å². The largest absolute Gasteiger partial charge is 0.356 e. The number of piperidine rings is 1. The van der Waals surface area contributed by atoms with Gasteiger partial charge in [-0.2, -0.15) is 0 Å². The standard InChI is InChI=1S/C18H28N4O2S/c1-13-17(25-21-20-13)18(24)22-9-7-15(8-10-22)12-19-16(23)11-14-5-3-2-4-6-14/h14-15H,2-12H2,1H3,(H,19,23). The van der Waals surface area contributed by atoms with Crippen LogP contribution in [-0.4, -0.2) is 45.9 Å².